The van der Waals surface area contributed by atoms with Crippen molar-refractivity contribution >= 4 is 43.8 Å². The molecule has 0 unspecified atom stereocenters. The summed E-state index contributed by atoms with van der Waals surface area (Å²) in [6, 6.07) is 19.2. The van der Waals surface area contributed by atoms with E-state index in [0.29, 0.717) is 0 Å². The van der Waals surface area contributed by atoms with E-state index in [-0.39, 0.29) is 0 Å². The van der Waals surface area contributed by atoms with Crippen molar-refractivity contribution < 1.29 is 0 Å². The Hall–Kier alpha value is -3.38. The van der Waals surface area contributed by atoms with E-state index in [9.17, 15) is 0 Å². The van der Waals surface area contributed by atoms with Crippen molar-refractivity contribution in [2.24, 2.45) is 0 Å². The van der Waals surface area contributed by atoms with E-state index in [2.05, 4.69) is 57.6 Å². The maximum absolute atomic E-state index is 6.32. The summed E-state index contributed by atoms with van der Waals surface area (Å²) >= 11 is 1.80. The van der Waals surface area contributed by atoms with Gasteiger partial charge in [-0.05, 0) is 61.0 Å². The number of rotatable bonds is 3. The molecule has 0 atom stereocenters. The molecular formula is C25H23N5S. The highest BCUT2D eigenvalue weighted by atomic mass is 32.1. The van der Waals surface area contributed by atoms with Gasteiger partial charge in [0.2, 0.25) is 0 Å². The first-order valence-electron chi connectivity index (χ1n) is 10.7. The van der Waals surface area contributed by atoms with E-state index in [0.717, 1.165) is 52.3 Å². The minimum absolute atomic E-state index is 0.750. The van der Waals surface area contributed by atoms with Gasteiger partial charge in [-0.25, -0.2) is 4.98 Å². The highest BCUT2D eigenvalue weighted by Crippen LogP contribution is 2.39. The van der Waals surface area contributed by atoms with Gasteiger partial charge in [0, 0.05) is 39.2 Å². The number of aromatic nitrogens is 3. The normalized spacial score (nSPS) is 14.5. The van der Waals surface area contributed by atoms with E-state index in [1.54, 1.807) is 11.3 Å². The molecule has 3 aromatic heterocycles. The van der Waals surface area contributed by atoms with Crippen LogP contribution in [0.2, 0.25) is 0 Å². The molecule has 0 spiro atoms. The Balaban J connectivity index is 1.50. The number of thiophene rings is 1. The molecule has 0 saturated carbocycles. The third-order valence-corrected chi connectivity index (χ3v) is 7.25. The van der Waals surface area contributed by atoms with Crippen molar-refractivity contribution in [2.75, 3.05) is 23.7 Å². The molecule has 0 amide bonds. The highest BCUT2D eigenvalue weighted by molar-refractivity contribution is 7.22. The smallest absolute Gasteiger partial charge is 0.152 e. The lowest BCUT2D eigenvalue weighted by atomic mass is 10.0. The van der Waals surface area contributed by atoms with Crippen LogP contribution in [0.25, 0.3) is 42.7 Å². The minimum atomic E-state index is 0.750. The monoisotopic (exact) mass is 425 g/mol. The zero-order chi connectivity index (χ0) is 20.8. The quantitative estimate of drug-likeness (QED) is 0.367. The summed E-state index contributed by atoms with van der Waals surface area (Å²) in [6.45, 7) is 2.04. The summed E-state index contributed by atoms with van der Waals surface area (Å²) in [4.78, 5) is 8.56. The molecular weight excluding hydrogens is 402 g/mol. The lowest BCUT2D eigenvalue weighted by molar-refractivity contribution is 0.574. The Bertz CT molecular complexity index is 1360. The largest absolute Gasteiger partial charge is 0.396 e. The van der Waals surface area contributed by atoms with Crippen molar-refractivity contribution in [3.8, 4) is 21.7 Å². The topological polar surface area (TPSA) is 70.8 Å². The summed E-state index contributed by atoms with van der Waals surface area (Å²) in [5.41, 5.74) is 11.3. The van der Waals surface area contributed by atoms with Crippen molar-refractivity contribution in [3.05, 3.63) is 60.8 Å². The maximum atomic E-state index is 6.32. The molecule has 2 aromatic carbocycles. The number of hydrogen-bond donors (Lipinski definition) is 2. The average Bonchev–Trinajstić information content (AvgIpc) is 3.46. The fourth-order valence-electron chi connectivity index (χ4n) is 4.49. The minimum Gasteiger partial charge on any atom is -0.396 e. The molecule has 0 radical (unpaired) electrons. The standard InChI is InChI=1S/C25H23N5S/c26-20-8-9-21(28-25(20)30-10-4-1-5-11-30)17-12-18-15-27-29-24(18)19(13-17)23-14-16-6-2-3-7-22(16)31-23/h2-3,6-9,12-15H,1,4-5,10-11,26H2,(H,27,29). The number of piperidine rings is 1. The van der Waals surface area contributed by atoms with Crippen LogP contribution in [0.3, 0.4) is 0 Å². The summed E-state index contributed by atoms with van der Waals surface area (Å²) < 4.78 is 1.29. The first-order chi connectivity index (χ1) is 15.3. The van der Waals surface area contributed by atoms with Crippen molar-refractivity contribution in [1.29, 1.82) is 0 Å². The zero-order valence-electron chi connectivity index (χ0n) is 17.1. The Kier molecular flexibility index (Phi) is 4.39. The maximum Gasteiger partial charge on any atom is 0.152 e. The predicted molar refractivity (Wildman–Crippen MR) is 131 cm³/mol. The first kappa shape index (κ1) is 18.4. The Morgan fingerprint density at radius 3 is 2.68 bits per heavy atom. The molecule has 5 nitrogen and oxygen atoms in total. The van der Waals surface area contributed by atoms with Crippen LogP contribution in [-0.4, -0.2) is 28.3 Å². The number of fused-ring (bicyclic) bond motifs is 2. The van der Waals surface area contributed by atoms with Gasteiger partial charge in [-0.15, -0.1) is 11.3 Å². The fraction of sp³-hybridized carbons (Fsp3) is 0.200. The van der Waals surface area contributed by atoms with E-state index >= 15 is 0 Å². The van der Waals surface area contributed by atoms with Gasteiger partial charge in [-0.1, -0.05) is 18.2 Å². The van der Waals surface area contributed by atoms with Crippen LogP contribution >= 0.6 is 11.3 Å². The summed E-state index contributed by atoms with van der Waals surface area (Å²) in [5.74, 6) is 0.910. The molecule has 3 N–H and O–H groups in total. The van der Waals surface area contributed by atoms with E-state index in [1.807, 2.05) is 18.3 Å². The van der Waals surface area contributed by atoms with E-state index in [4.69, 9.17) is 10.7 Å². The van der Waals surface area contributed by atoms with Gasteiger partial charge in [-0.2, -0.15) is 5.10 Å². The molecule has 6 rings (SSSR count). The number of nitrogens with one attached hydrogen (secondary N) is 1. The van der Waals surface area contributed by atoms with Crippen LogP contribution in [0.1, 0.15) is 19.3 Å². The van der Waals surface area contributed by atoms with Crippen molar-refractivity contribution in [3.63, 3.8) is 0 Å². The van der Waals surface area contributed by atoms with Gasteiger partial charge in [0.05, 0.1) is 23.1 Å². The fourth-order valence-corrected chi connectivity index (χ4v) is 5.58. The van der Waals surface area contributed by atoms with Crippen LogP contribution in [0.15, 0.2) is 60.8 Å². The molecule has 4 heterocycles. The molecule has 0 bridgehead atoms. The molecule has 154 valence electrons. The second kappa shape index (κ2) is 7.39. The van der Waals surface area contributed by atoms with Crippen molar-refractivity contribution in [1.82, 2.24) is 15.2 Å². The van der Waals surface area contributed by atoms with Crippen LogP contribution in [0.5, 0.6) is 0 Å². The first-order valence-corrected chi connectivity index (χ1v) is 11.6. The van der Waals surface area contributed by atoms with Gasteiger partial charge in [0.15, 0.2) is 5.82 Å². The number of H-pyrrole nitrogens is 1. The van der Waals surface area contributed by atoms with Crippen molar-refractivity contribution in [2.45, 2.75) is 19.3 Å². The van der Waals surface area contributed by atoms with Crippen LogP contribution < -0.4 is 10.6 Å². The molecule has 6 heteroatoms. The van der Waals surface area contributed by atoms with Gasteiger partial charge >= 0.3 is 0 Å². The molecule has 0 aliphatic carbocycles. The van der Waals surface area contributed by atoms with Crippen LogP contribution in [0.4, 0.5) is 11.5 Å². The summed E-state index contributed by atoms with van der Waals surface area (Å²) in [5, 5.41) is 9.85. The zero-order valence-corrected chi connectivity index (χ0v) is 18.0. The molecule has 1 aliphatic rings. The number of nitrogens with two attached hydrogens (primary N) is 1. The lowest BCUT2D eigenvalue weighted by Crippen LogP contribution is -2.30. The highest BCUT2D eigenvalue weighted by Gasteiger charge is 2.17. The third-order valence-electron chi connectivity index (χ3n) is 6.10. The van der Waals surface area contributed by atoms with Gasteiger partial charge in [-0.3, -0.25) is 5.10 Å². The van der Waals surface area contributed by atoms with Gasteiger partial charge in [0.25, 0.3) is 0 Å². The Morgan fingerprint density at radius 1 is 0.935 bits per heavy atom. The number of nitrogen functional groups attached to an aromatic ring is 1. The summed E-state index contributed by atoms with van der Waals surface area (Å²) in [6.07, 6.45) is 5.56. The van der Waals surface area contributed by atoms with E-state index in [1.165, 1.54) is 34.2 Å². The third kappa shape index (κ3) is 3.24. The van der Waals surface area contributed by atoms with E-state index < -0.39 is 0 Å². The second-order valence-electron chi connectivity index (χ2n) is 8.16. The molecule has 1 fully saturated rings. The number of anilines is 2. The molecule has 1 saturated heterocycles. The molecule has 5 aromatic rings. The van der Waals surface area contributed by atoms with Crippen LogP contribution in [-0.2, 0) is 0 Å². The van der Waals surface area contributed by atoms with Crippen LogP contribution in [0, 0.1) is 0 Å². The lowest BCUT2D eigenvalue weighted by Gasteiger charge is -2.29. The average molecular weight is 426 g/mol. The molecule has 1 aliphatic heterocycles. The number of nitrogens with zero attached hydrogens (tertiary/aromatic N) is 3. The Labute approximate surface area is 184 Å². The SMILES string of the molecule is Nc1ccc(-c2cc(-c3cc4ccccc4s3)c3[nH]ncc3c2)nc1N1CCCCC1. The number of pyridine rings is 1. The van der Waals surface area contributed by atoms with Gasteiger partial charge < -0.3 is 10.6 Å². The predicted octanol–water partition coefficient (Wildman–Crippen LogP) is 6.08. The second-order valence-corrected chi connectivity index (χ2v) is 9.25. The number of hydrogen-bond acceptors (Lipinski definition) is 5. The number of benzene rings is 2. The Morgan fingerprint density at radius 2 is 1.81 bits per heavy atom. The number of aromatic amines is 1. The summed E-state index contributed by atoms with van der Waals surface area (Å²) in [7, 11) is 0. The van der Waals surface area contributed by atoms with Gasteiger partial charge in [0.1, 0.15) is 0 Å². The molecule has 31 heavy (non-hydrogen) atoms.